The summed E-state index contributed by atoms with van der Waals surface area (Å²) in [5, 5.41) is 3.93. The number of rotatable bonds is 3. The van der Waals surface area contributed by atoms with E-state index >= 15 is 0 Å². The summed E-state index contributed by atoms with van der Waals surface area (Å²) >= 11 is 0. The number of nitrogens with zero attached hydrogens (tertiary/aromatic N) is 1. The highest BCUT2D eigenvalue weighted by molar-refractivity contribution is 6.90. The van der Waals surface area contributed by atoms with E-state index in [1.54, 1.807) is 0 Å². The van der Waals surface area contributed by atoms with Gasteiger partial charge in [-0.1, -0.05) is 50.8 Å². The number of aryl methyl sites for hydroxylation is 1. The molecule has 0 spiro atoms. The van der Waals surface area contributed by atoms with Gasteiger partial charge >= 0.3 is 0 Å². The van der Waals surface area contributed by atoms with Crippen molar-refractivity contribution in [3.05, 3.63) is 60.3 Å². The minimum Gasteiger partial charge on any atom is -0.455 e. The summed E-state index contributed by atoms with van der Waals surface area (Å²) < 4.78 is 6.33. The number of aromatic nitrogens is 1. The first-order chi connectivity index (χ1) is 12.0. The summed E-state index contributed by atoms with van der Waals surface area (Å²) in [6, 6.07) is 17.1. The molecule has 2 heterocycles. The molecule has 0 N–H and O–H groups in total. The van der Waals surface area contributed by atoms with Gasteiger partial charge in [-0.3, -0.25) is 4.98 Å². The highest BCUT2D eigenvalue weighted by Gasteiger charge is 2.24. The van der Waals surface area contributed by atoms with Gasteiger partial charge in [0.05, 0.1) is 13.8 Å². The molecule has 25 heavy (non-hydrogen) atoms. The quantitative estimate of drug-likeness (QED) is 0.441. The average Bonchev–Trinajstić information content (AvgIpc) is 2.99. The van der Waals surface area contributed by atoms with E-state index in [-0.39, 0.29) is 0 Å². The van der Waals surface area contributed by atoms with Crippen LogP contribution in [0.5, 0.6) is 0 Å². The molecule has 0 atom stereocenters. The third kappa shape index (κ3) is 2.69. The van der Waals surface area contributed by atoms with Gasteiger partial charge in [0.25, 0.3) is 0 Å². The number of hydrogen-bond acceptors (Lipinski definition) is 2. The van der Waals surface area contributed by atoms with Crippen molar-refractivity contribution in [3.8, 4) is 11.3 Å². The minimum absolute atomic E-state index is 0.955. The van der Waals surface area contributed by atoms with E-state index in [4.69, 9.17) is 4.42 Å². The monoisotopic (exact) mass is 345 g/mol. The van der Waals surface area contributed by atoms with Crippen molar-refractivity contribution in [2.24, 2.45) is 0 Å². The summed E-state index contributed by atoms with van der Waals surface area (Å²) in [7, 11) is -1.50. The zero-order valence-electron chi connectivity index (χ0n) is 15.3. The van der Waals surface area contributed by atoms with Crippen LogP contribution >= 0.6 is 0 Å². The van der Waals surface area contributed by atoms with Crippen LogP contribution in [0.25, 0.3) is 33.2 Å². The lowest BCUT2D eigenvalue weighted by Gasteiger charge is -2.19. The van der Waals surface area contributed by atoms with Crippen molar-refractivity contribution in [2.45, 2.75) is 33.0 Å². The highest BCUT2D eigenvalue weighted by atomic mass is 28.3. The second-order valence-corrected chi connectivity index (χ2v) is 12.7. The van der Waals surface area contributed by atoms with Crippen LogP contribution in [0.1, 0.15) is 12.5 Å². The van der Waals surface area contributed by atoms with Gasteiger partial charge in [-0.25, -0.2) is 0 Å². The highest BCUT2D eigenvalue weighted by Crippen LogP contribution is 2.35. The van der Waals surface area contributed by atoms with Crippen LogP contribution in [0, 0.1) is 0 Å². The third-order valence-corrected chi connectivity index (χ3v) is 6.88. The normalized spacial score (nSPS) is 12.2. The molecule has 0 saturated heterocycles. The first-order valence-electron chi connectivity index (χ1n) is 8.89. The summed E-state index contributed by atoms with van der Waals surface area (Å²) in [6.45, 7) is 9.34. The second kappa shape index (κ2) is 5.85. The summed E-state index contributed by atoms with van der Waals surface area (Å²) in [5.41, 5.74) is 5.30. The van der Waals surface area contributed by atoms with E-state index < -0.39 is 8.07 Å². The zero-order valence-corrected chi connectivity index (χ0v) is 16.3. The van der Waals surface area contributed by atoms with Crippen LogP contribution in [0.3, 0.4) is 0 Å². The molecule has 0 radical (unpaired) electrons. The lowest BCUT2D eigenvalue weighted by molar-refractivity contribution is 0.670. The molecule has 0 fully saturated rings. The first-order valence-corrected chi connectivity index (χ1v) is 12.4. The summed E-state index contributed by atoms with van der Waals surface area (Å²) in [5.74, 6) is 0. The maximum atomic E-state index is 6.33. The van der Waals surface area contributed by atoms with Crippen LogP contribution in [0.15, 0.2) is 59.1 Å². The second-order valence-electron chi connectivity index (χ2n) is 7.62. The van der Waals surface area contributed by atoms with Gasteiger partial charge < -0.3 is 4.42 Å². The summed E-state index contributed by atoms with van der Waals surface area (Å²) in [4.78, 5) is 4.62. The topological polar surface area (TPSA) is 26.0 Å². The Morgan fingerprint density at radius 1 is 1.00 bits per heavy atom. The molecule has 0 aliphatic heterocycles. The van der Waals surface area contributed by atoms with Crippen molar-refractivity contribution >= 4 is 35.2 Å². The number of furan rings is 1. The standard InChI is InChI=1S/C22H23NOSi/c1-5-15-12-13-23-18(14-15)16-10-11-20(25(2,3)4)21-17-8-6-7-9-19(17)24-22(16)21/h6-14H,5H2,1-4H3. The Morgan fingerprint density at radius 3 is 2.56 bits per heavy atom. The minimum atomic E-state index is -1.50. The fraction of sp³-hybridized carbons (Fsp3) is 0.227. The van der Waals surface area contributed by atoms with E-state index in [0.717, 1.165) is 28.8 Å². The molecule has 2 aromatic heterocycles. The molecule has 0 amide bonds. The van der Waals surface area contributed by atoms with Crippen molar-refractivity contribution in [2.75, 3.05) is 0 Å². The van der Waals surface area contributed by atoms with Crippen molar-refractivity contribution in [1.29, 1.82) is 0 Å². The zero-order chi connectivity index (χ0) is 17.6. The van der Waals surface area contributed by atoms with Crippen LogP contribution in [0.2, 0.25) is 19.6 Å². The molecular formula is C22H23NOSi. The number of fused-ring (bicyclic) bond motifs is 3. The lowest BCUT2D eigenvalue weighted by atomic mass is 10.0. The molecule has 0 saturated carbocycles. The fourth-order valence-corrected chi connectivity index (χ4v) is 5.08. The van der Waals surface area contributed by atoms with E-state index in [1.165, 1.54) is 21.5 Å². The predicted molar refractivity (Wildman–Crippen MR) is 109 cm³/mol. The first kappa shape index (κ1) is 16.1. The van der Waals surface area contributed by atoms with Crippen molar-refractivity contribution < 1.29 is 4.42 Å². The average molecular weight is 346 g/mol. The van der Waals surface area contributed by atoms with Gasteiger partial charge in [0, 0.05) is 22.5 Å². The molecule has 4 aromatic rings. The van der Waals surface area contributed by atoms with Gasteiger partial charge in [-0.2, -0.15) is 0 Å². The molecule has 0 bridgehead atoms. The maximum absolute atomic E-state index is 6.33. The van der Waals surface area contributed by atoms with E-state index in [1.807, 2.05) is 12.3 Å². The molecule has 4 rings (SSSR count). The van der Waals surface area contributed by atoms with Gasteiger partial charge in [0.15, 0.2) is 0 Å². The number of pyridine rings is 1. The molecule has 0 aliphatic rings. The van der Waals surface area contributed by atoms with Crippen LogP contribution in [-0.4, -0.2) is 13.1 Å². The van der Waals surface area contributed by atoms with E-state index in [9.17, 15) is 0 Å². The molecule has 0 unspecified atom stereocenters. The Hall–Kier alpha value is -2.39. The number of benzene rings is 2. The number of hydrogen-bond donors (Lipinski definition) is 0. The Bertz CT molecular complexity index is 1070. The Kier molecular flexibility index (Phi) is 3.77. The molecule has 2 aromatic carbocycles. The SMILES string of the molecule is CCc1ccnc(-c2ccc([Si](C)(C)C)c3c2oc2ccccc23)c1. The van der Waals surface area contributed by atoms with Gasteiger partial charge in [0.2, 0.25) is 0 Å². The Balaban J connectivity index is 2.11. The largest absolute Gasteiger partial charge is 0.455 e. The van der Waals surface area contributed by atoms with Gasteiger partial charge in [-0.15, -0.1) is 0 Å². The van der Waals surface area contributed by atoms with Gasteiger partial charge in [-0.05, 0) is 41.4 Å². The van der Waals surface area contributed by atoms with E-state index in [0.29, 0.717) is 0 Å². The smallest absolute Gasteiger partial charge is 0.144 e. The molecule has 2 nitrogen and oxygen atoms in total. The fourth-order valence-electron chi connectivity index (χ4n) is 3.50. The van der Waals surface area contributed by atoms with Gasteiger partial charge in [0.1, 0.15) is 11.2 Å². The third-order valence-electron chi connectivity index (χ3n) is 4.84. The molecular weight excluding hydrogens is 322 g/mol. The van der Waals surface area contributed by atoms with Crippen molar-refractivity contribution in [3.63, 3.8) is 0 Å². The van der Waals surface area contributed by atoms with Crippen LogP contribution in [0.4, 0.5) is 0 Å². The molecule has 0 aliphatic carbocycles. The van der Waals surface area contributed by atoms with Crippen LogP contribution in [-0.2, 0) is 6.42 Å². The van der Waals surface area contributed by atoms with E-state index in [2.05, 4.69) is 74.0 Å². The maximum Gasteiger partial charge on any atom is 0.144 e. The molecule has 3 heteroatoms. The van der Waals surface area contributed by atoms with Crippen molar-refractivity contribution in [1.82, 2.24) is 4.98 Å². The predicted octanol–water partition coefficient (Wildman–Crippen LogP) is 5.76. The Morgan fingerprint density at radius 2 is 1.80 bits per heavy atom. The lowest BCUT2D eigenvalue weighted by Crippen LogP contribution is -2.37. The number of para-hydroxylation sites is 1. The van der Waals surface area contributed by atoms with Crippen LogP contribution < -0.4 is 5.19 Å². The Labute approximate surface area is 149 Å². The summed E-state index contributed by atoms with van der Waals surface area (Å²) in [6.07, 6.45) is 2.90. The molecule has 126 valence electrons.